The van der Waals surface area contributed by atoms with Gasteiger partial charge >= 0.3 is 0 Å². The first-order chi connectivity index (χ1) is 7.70. The Hall–Kier alpha value is -2.40. The standard InChI is InChI=1S/C6H6N2O.C6H7N.H3N/c7-6(9)5-2-1-3-8-4-5;7-6-4-2-1-3-5-6;/h1-4H,(H2,7,9);1-5H,7H2;1H3. The quantitative estimate of drug-likeness (QED) is 0.647. The summed E-state index contributed by atoms with van der Waals surface area (Å²) in [4.78, 5) is 14.1. The summed E-state index contributed by atoms with van der Waals surface area (Å²) in [6, 6.07) is 12.8. The molecule has 0 aliphatic rings. The first-order valence-corrected chi connectivity index (χ1v) is 4.70. The molecule has 1 aromatic heterocycles. The third-order valence-electron chi connectivity index (χ3n) is 1.75. The van der Waals surface area contributed by atoms with Crippen LogP contribution in [0.2, 0.25) is 0 Å². The second-order valence-corrected chi connectivity index (χ2v) is 3.02. The van der Waals surface area contributed by atoms with Gasteiger partial charge in [-0.15, -0.1) is 0 Å². The normalized spacial score (nSPS) is 8.24. The molecule has 0 bridgehead atoms. The topological polar surface area (TPSA) is 117 Å². The zero-order valence-electron chi connectivity index (χ0n) is 9.41. The fourth-order valence-corrected chi connectivity index (χ4v) is 0.962. The Balaban J connectivity index is 0.000000292. The molecule has 0 saturated heterocycles. The van der Waals surface area contributed by atoms with E-state index in [0.29, 0.717) is 5.56 Å². The number of hydrogen-bond acceptors (Lipinski definition) is 4. The largest absolute Gasteiger partial charge is 0.399 e. The van der Waals surface area contributed by atoms with Crippen molar-refractivity contribution in [3.63, 3.8) is 0 Å². The smallest absolute Gasteiger partial charge is 0.250 e. The van der Waals surface area contributed by atoms with Gasteiger partial charge in [-0.2, -0.15) is 0 Å². The number of aromatic nitrogens is 1. The SMILES string of the molecule is N.NC(=O)c1cccnc1.Nc1ccccc1. The van der Waals surface area contributed by atoms with Crippen LogP contribution in [0, 0.1) is 0 Å². The van der Waals surface area contributed by atoms with E-state index in [2.05, 4.69) is 4.98 Å². The number of amides is 1. The number of pyridine rings is 1. The second-order valence-electron chi connectivity index (χ2n) is 3.02. The Morgan fingerprint density at radius 1 is 1.06 bits per heavy atom. The van der Waals surface area contributed by atoms with E-state index >= 15 is 0 Å². The molecule has 90 valence electrons. The van der Waals surface area contributed by atoms with Crippen molar-refractivity contribution in [1.29, 1.82) is 0 Å². The van der Waals surface area contributed by atoms with Gasteiger partial charge in [-0.1, -0.05) is 18.2 Å². The third-order valence-corrected chi connectivity index (χ3v) is 1.75. The van der Waals surface area contributed by atoms with Crippen molar-refractivity contribution in [3.8, 4) is 0 Å². The molecule has 0 saturated carbocycles. The average molecular weight is 232 g/mol. The number of benzene rings is 1. The van der Waals surface area contributed by atoms with Crippen LogP contribution in [-0.4, -0.2) is 10.9 Å². The lowest BCUT2D eigenvalue weighted by atomic mass is 10.3. The molecule has 7 N–H and O–H groups in total. The van der Waals surface area contributed by atoms with Crippen LogP contribution in [0.25, 0.3) is 0 Å². The van der Waals surface area contributed by atoms with Crippen LogP contribution in [0.15, 0.2) is 54.9 Å². The molecular formula is C12H16N4O. The molecule has 5 nitrogen and oxygen atoms in total. The van der Waals surface area contributed by atoms with Gasteiger partial charge in [-0.05, 0) is 24.3 Å². The summed E-state index contributed by atoms with van der Waals surface area (Å²) in [6.07, 6.45) is 3.02. The first-order valence-electron chi connectivity index (χ1n) is 4.70. The van der Waals surface area contributed by atoms with Gasteiger partial charge in [0.15, 0.2) is 0 Å². The molecule has 0 fully saturated rings. The van der Waals surface area contributed by atoms with E-state index in [9.17, 15) is 4.79 Å². The van der Waals surface area contributed by atoms with Crippen molar-refractivity contribution in [2.45, 2.75) is 0 Å². The van der Waals surface area contributed by atoms with Crippen molar-refractivity contribution < 1.29 is 4.79 Å². The second kappa shape index (κ2) is 7.84. The molecular weight excluding hydrogens is 216 g/mol. The molecule has 0 atom stereocenters. The van der Waals surface area contributed by atoms with Crippen molar-refractivity contribution in [3.05, 3.63) is 60.4 Å². The van der Waals surface area contributed by atoms with Crippen LogP contribution in [0.3, 0.4) is 0 Å². The number of nitrogen functional groups attached to an aromatic ring is 1. The third kappa shape index (κ3) is 5.91. The van der Waals surface area contributed by atoms with Gasteiger partial charge in [0.1, 0.15) is 0 Å². The van der Waals surface area contributed by atoms with E-state index < -0.39 is 5.91 Å². The highest BCUT2D eigenvalue weighted by Crippen LogP contribution is 1.95. The lowest BCUT2D eigenvalue weighted by molar-refractivity contribution is 0.1000. The van der Waals surface area contributed by atoms with Gasteiger partial charge in [0, 0.05) is 18.1 Å². The van der Waals surface area contributed by atoms with Crippen molar-refractivity contribution in [2.75, 3.05) is 5.73 Å². The highest BCUT2D eigenvalue weighted by Gasteiger charge is 1.94. The van der Waals surface area contributed by atoms with E-state index in [0.717, 1.165) is 5.69 Å². The Kier molecular flexibility index (Phi) is 6.73. The maximum Gasteiger partial charge on any atom is 0.250 e. The first kappa shape index (κ1) is 14.6. The van der Waals surface area contributed by atoms with Gasteiger partial charge in [-0.25, -0.2) is 0 Å². The van der Waals surface area contributed by atoms with Gasteiger partial charge in [0.05, 0.1) is 5.56 Å². The monoisotopic (exact) mass is 232 g/mol. The summed E-state index contributed by atoms with van der Waals surface area (Å²) in [5.41, 5.74) is 11.6. The lowest BCUT2D eigenvalue weighted by Gasteiger charge is -1.88. The maximum atomic E-state index is 10.4. The number of rotatable bonds is 1. The van der Waals surface area contributed by atoms with Gasteiger partial charge in [0.25, 0.3) is 0 Å². The van der Waals surface area contributed by atoms with Crippen molar-refractivity contribution >= 4 is 11.6 Å². The number of nitrogens with zero attached hydrogens (tertiary/aromatic N) is 1. The van der Waals surface area contributed by atoms with E-state index in [-0.39, 0.29) is 6.15 Å². The Morgan fingerprint density at radius 3 is 2.00 bits per heavy atom. The number of nitrogens with two attached hydrogens (primary N) is 2. The minimum Gasteiger partial charge on any atom is -0.399 e. The number of hydrogen-bond donors (Lipinski definition) is 3. The number of carbonyl (C=O) groups excluding carboxylic acids is 1. The maximum absolute atomic E-state index is 10.4. The molecule has 0 aliphatic heterocycles. The molecule has 17 heavy (non-hydrogen) atoms. The molecule has 0 radical (unpaired) electrons. The molecule has 0 aliphatic carbocycles. The molecule has 2 aromatic rings. The fourth-order valence-electron chi connectivity index (χ4n) is 0.962. The Morgan fingerprint density at radius 2 is 1.71 bits per heavy atom. The minimum atomic E-state index is -0.442. The van der Waals surface area contributed by atoms with E-state index in [4.69, 9.17) is 11.5 Å². The van der Waals surface area contributed by atoms with E-state index in [1.165, 1.54) is 6.20 Å². The van der Waals surface area contributed by atoms with Crippen LogP contribution >= 0.6 is 0 Å². The predicted octanol–water partition coefficient (Wildman–Crippen LogP) is 1.61. The summed E-state index contributed by atoms with van der Waals surface area (Å²) in [5.74, 6) is -0.442. The van der Waals surface area contributed by atoms with E-state index in [1.54, 1.807) is 18.3 Å². The lowest BCUT2D eigenvalue weighted by Crippen LogP contribution is -2.10. The summed E-state index contributed by atoms with van der Waals surface area (Å²) < 4.78 is 0. The van der Waals surface area contributed by atoms with Gasteiger partial charge in [-0.3, -0.25) is 9.78 Å². The van der Waals surface area contributed by atoms with E-state index in [1.807, 2.05) is 30.3 Å². The minimum absolute atomic E-state index is 0. The molecule has 1 heterocycles. The van der Waals surface area contributed by atoms with Crippen molar-refractivity contribution in [2.24, 2.45) is 5.73 Å². The van der Waals surface area contributed by atoms with Crippen LogP contribution in [0.4, 0.5) is 5.69 Å². The summed E-state index contributed by atoms with van der Waals surface area (Å²) >= 11 is 0. The summed E-state index contributed by atoms with van der Waals surface area (Å²) in [6.45, 7) is 0. The number of primary amides is 1. The molecule has 2 rings (SSSR count). The predicted molar refractivity (Wildman–Crippen MR) is 68.6 cm³/mol. The Labute approximate surface area is 100 Å². The van der Waals surface area contributed by atoms with Crippen LogP contribution in [0.1, 0.15) is 10.4 Å². The van der Waals surface area contributed by atoms with Crippen LogP contribution in [-0.2, 0) is 0 Å². The highest BCUT2D eigenvalue weighted by atomic mass is 16.1. The fraction of sp³-hybridized carbons (Fsp3) is 0. The highest BCUT2D eigenvalue weighted by molar-refractivity contribution is 5.92. The van der Waals surface area contributed by atoms with Gasteiger partial charge < -0.3 is 17.6 Å². The molecule has 0 unspecified atom stereocenters. The van der Waals surface area contributed by atoms with Crippen LogP contribution < -0.4 is 17.6 Å². The summed E-state index contributed by atoms with van der Waals surface area (Å²) in [7, 11) is 0. The zero-order chi connectivity index (χ0) is 11.8. The van der Waals surface area contributed by atoms with Crippen molar-refractivity contribution in [1.82, 2.24) is 11.1 Å². The number of anilines is 1. The molecule has 5 heteroatoms. The average Bonchev–Trinajstić information content (AvgIpc) is 2.32. The zero-order valence-corrected chi connectivity index (χ0v) is 9.41. The van der Waals surface area contributed by atoms with Gasteiger partial charge in [0.2, 0.25) is 5.91 Å². The number of para-hydroxylation sites is 1. The number of carbonyl (C=O) groups is 1. The Bertz CT molecular complexity index is 431. The molecule has 0 spiro atoms. The molecule has 1 aromatic carbocycles. The summed E-state index contributed by atoms with van der Waals surface area (Å²) in [5, 5.41) is 0. The van der Waals surface area contributed by atoms with Crippen LogP contribution in [0.5, 0.6) is 0 Å². The molecule has 1 amide bonds.